The van der Waals surface area contributed by atoms with E-state index in [-0.39, 0.29) is 0 Å². The number of rotatable bonds is 3. The van der Waals surface area contributed by atoms with Gasteiger partial charge in [-0.3, -0.25) is 4.90 Å². The van der Waals surface area contributed by atoms with Crippen molar-refractivity contribution < 1.29 is 0 Å². The summed E-state index contributed by atoms with van der Waals surface area (Å²) in [5, 5.41) is 0.658. The lowest BCUT2D eigenvalue weighted by Gasteiger charge is -2.20. The van der Waals surface area contributed by atoms with E-state index in [9.17, 15) is 0 Å². The molecule has 2 rings (SSSR count). The Bertz CT molecular complexity index is 392. The quantitative estimate of drug-likeness (QED) is 0.837. The van der Waals surface area contributed by atoms with Gasteiger partial charge < -0.3 is 10.6 Å². The second-order valence-electron chi connectivity index (χ2n) is 5.00. The van der Waals surface area contributed by atoms with Crippen LogP contribution in [0.2, 0.25) is 5.02 Å². The first kappa shape index (κ1) is 12.7. The Balaban J connectivity index is 1.96. The van der Waals surface area contributed by atoms with Crippen LogP contribution in [0.3, 0.4) is 0 Å². The first-order valence-corrected chi connectivity index (χ1v) is 6.37. The monoisotopic (exact) mass is 253 g/mol. The molecule has 1 fully saturated rings. The number of likely N-dealkylation sites (tertiary alicyclic amines) is 1. The van der Waals surface area contributed by atoms with Gasteiger partial charge in [0.2, 0.25) is 0 Å². The number of likely N-dealkylation sites (N-methyl/N-ethyl adjacent to an activating group) is 1. The summed E-state index contributed by atoms with van der Waals surface area (Å²) in [5.74, 6) is 0. The molecule has 1 aromatic carbocycles. The van der Waals surface area contributed by atoms with E-state index in [0.717, 1.165) is 19.6 Å². The molecule has 4 heteroatoms. The predicted molar refractivity (Wildman–Crippen MR) is 73.2 cm³/mol. The van der Waals surface area contributed by atoms with Gasteiger partial charge in [-0.2, -0.15) is 0 Å². The molecule has 1 saturated heterocycles. The van der Waals surface area contributed by atoms with Crippen molar-refractivity contribution in [1.82, 2.24) is 9.80 Å². The van der Waals surface area contributed by atoms with Gasteiger partial charge in [0.1, 0.15) is 0 Å². The van der Waals surface area contributed by atoms with E-state index in [1.54, 1.807) is 0 Å². The number of hydrogen-bond acceptors (Lipinski definition) is 3. The Morgan fingerprint density at radius 1 is 1.47 bits per heavy atom. The number of nitrogens with two attached hydrogens (primary N) is 1. The minimum absolute atomic E-state index is 0.656. The number of nitrogens with zero attached hydrogens (tertiary/aromatic N) is 2. The minimum atomic E-state index is 0.656. The van der Waals surface area contributed by atoms with Gasteiger partial charge in [-0.1, -0.05) is 17.7 Å². The SMILES string of the molecule is CN(C)C1CCN(Cc2ccc(N)c(Cl)c2)C1. The highest BCUT2D eigenvalue weighted by Crippen LogP contribution is 2.22. The van der Waals surface area contributed by atoms with Crippen LogP contribution in [0.15, 0.2) is 18.2 Å². The highest BCUT2D eigenvalue weighted by Gasteiger charge is 2.23. The summed E-state index contributed by atoms with van der Waals surface area (Å²) in [6.45, 7) is 3.25. The molecule has 2 N–H and O–H groups in total. The van der Waals surface area contributed by atoms with Crippen LogP contribution in [-0.2, 0) is 6.54 Å². The summed E-state index contributed by atoms with van der Waals surface area (Å²) < 4.78 is 0. The third-order valence-electron chi connectivity index (χ3n) is 3.45. The molecule has 3 nitrogen and oxygen atoms in total. The zero-order chi connectivity index (χ0) is 12.4. The van der Waals surface area contributed by atoms with Crippen molar-refractivity contribution in [2.45, 2.75) is 19.0 Å². The van der Waals surface area contributed by atoms with Crippen LogP contribution in [0.25, 0.3) is 0 Å². The Labute approximate surface area is 108 Å². The van der Waals surface area contributed by atoms with Crippen molar-refractivity contribution in [1.29, 1.82) is 0 Å². The third kappa shape index (κ3) is 3.12. The minimum Gasteiger partial charge on any atom is -0.398 e. The standard InChI is InChI=1S/C13H20ClN3/c1-16(2)11-5-6-17(9-11)8-10-3-4-13(15)12(14)7-10/h3-4,7,11H,5-6,8-9,15H2,1-2H3. The van der Waals surface area contributed by atoms with Gasteiger partial charge in [-0.05, 0) is 38.2 Å². The zero-order valence-electron chi connectivity index (χ0n) is 10.5. The molecule has 17 heavy (non-hydrogen) atoms. The van der Waals surface area contributed by atoms with Gasteiger partial charge in [0.25, 0.3) is 0 Å². The summed E-state index contributed by atoms with van der Waals surface area (Å²) in [6.07, 6.45) is 1.25. The average molecular weight is 254 g/mol. The molecule has 0 amide bonds. The Morgan fingerprint density at radius 3 is 2.82 bits per heavy atom. The number of anilines is 1. The lowest BCUT2D eigenvalue weighted by atomic mass is 10.2. The van der Waals surface area contributed by atoms with Crippen LogP contribution in [-0.4, -0.2) is 43.0 Å². The molecular weight excluding hydrogens is 234 g/mol. The number of nitrogen functional groups attached to an aromatic ring is 1. The van der Waals surface area contributed by atoms with Gasteiger partial charge in [0.15, 0.2) is 0 Å². The maximum atomic E-state index is 6.03. The molecule has 1 aliphatic heterocycles. The van der Waals surface area contributed by atoms with E-state index in [0.29, 0.717) is 16.8 Å². The molecule has 0 radical (unpaired) electrons. The fraction of sp³-hybridized carbons (Fsp3) is 0.538. The Kier molecular flexibility index (Phi) is 3.92. The predicted octanol–water partition coefficient (Wildman–Crippen LogP) is 2.06. The lowest BCUT2D eigenvalue weighted by Crippen LogP contribution is -2.31. The van der Waals surface area contributed by atoms with Crippen molar-refractivity contribution in [3.63, 3.8) is 0 Å². The topological polar surface area (TPSA) is 32.5 Å². The van der Waals surface area contributed by atoms with Crippen LogP contribution in [0.4, 0.5) is 5.69 Å². The van der Waals surface area contributed by atoms with Crippen LogP contribution >= 0.6 is 11.6 Å². The Morgan fingerprint density at radius 2 is 2.24 bits per heavy atom. The van der Waals surface area contributed by atoms with Crippen molar-refractivity contribution in [2.24, 2.45) is 0 Å². The second-order valence-corrected chi connectivity index (χ2v) is 5.40. The molecule has 1 heterocycles. The van der Waals surface area contributed by atoms with Gasteiger partial charge in [-0.25, -0.2) is 0 Å². The van der Waals surface area contributed by atoms with Crippen molar-refractivity contribution in [3.05, 3.63) is 28.8 Å². The van der Waals surface area contributed by atoms with Crippen molar-refractivity contribution in [2.75, 3.05) is 32.9 Å². The summed E-state index contributed by atoms with van der Waals surface area (Å²) in [4.78, 5) is 4.77. The maximum Gasteiger partial charge on any atom is 0.0638 e. The van der Waals surface area contributed by atoms with Crippen molar-refractivity contribution in [3.8, 4) is 0 Å². The van der Waals surface area contributed by atoms with Gasteiger partial charge >= 0.3 is 0 Å². The smallest absolute Gasteiger partial charge is 0.0638 e. The molecule has 0 bridgehead atoms. The molecule has 0 aliphatic carbocycles. The van der Waals surface area contributed by atoms with Crippen LogP contribution in [0.5, 0.6) is 0 Å². The van der Waals surface area contributed by atoms with Gasteiger partial charge in [0.05, 0.1) is 10.7 Å². The third-order valence-corrected chi connectivity index (χ3v) is 3.78. The zero-order valence-corrected chi connectivity index (χ0v) is 11.2. The van der Waals surface area contributed by atoms with Crippen molar-refractivity contribution >= 4 is 17.3 Å². The van der Waals surface area contributed by atoms with E-state index < -0.39 is 0 Å². The fourth-order valence-electron chi connectivity index (χ4n) is 2.30. The van der Waals surface area contributed by atoms with Crippen LogP contribution in [0.1, 0.15) is 12.0 Å². The molecule has 94 valence electrons. The molecule has 0 saturated carbocycles. The normalized spacial score (nSPS) is 21.3. The average Bonchev–Trinajstić information content (AvgIpc) is 2.72. The Hall–Kier alpha value is -0.770. The highest BCUT2D eigenvalue weighted by atomic mass is 35.5. The molecule has 1 unspecified atom stereocenters. The van der Waals surface area contributed by atoms with E-state index in [1.165, 1.54) is 12.0 Å². The van der Waals surface area contributed by atoms with Crippen LogP contribution < -0.4 is 5.73 Å². The number of halogens is 1. The van der Waals surface area contributed by atoms with Gasteiger partial charge in [-0.15, -0.1) is 0 Å². The molecule has 0 spiro atoms. The number of hydrogen-bond donors (Lipinski definition) is 1. The lowest BCUT2D eigenvalue weighted by molar-refractivity contribution is 0.264. The first-order chi connectivity index (χ1) is 8.06. The van der Waals surface area contributed by atoms with E-state index >= 15 is 0 Å². The molecule has 1 aliphatic rings. The molecular formula is C13H20ClN3. The summed E-state index contributed by atoms with van der Waals surface area (Å²) in [5.41, 5.74) is 7.60. The summed E-state index contributed by atoms with van der Waals surface area (Å²) in [7, 11) is 4.29. The first-order valence-electron chi connectivity index (χ1n) is 5.99. The maximum absolute atomic E-state index is 6.03. The van der Waals surface area contributed by atoms with Gasteiger partial charge in [0, 0.05) is 25.7 Å². The summed E-state index contributed by atoms with van der Waals surface area (Å²) in [6, 6.07) is 6.60. The van der Waals surface area contributed by atoms with E-state index in [1.807, 2.05) is 12.1 Å². The largest absolute Gasteiger partial charge is 0.398 e. The second kappa shape index (κ2) is 5.25. The summed E-state index contributed by atoms with van der Waals surface area (Å²) >= 11 is 6.03. The van der Waals surface area contributed by atoms with Crippen LogP contribution in [0, 0.1) is 0 Å². The fourth-order valence-corrected chi connectivity index (χ4v) is 2.51. The van der Waals surface area contributed by atoms with E-state index in [4.69, 9.17) is 17.3 Å². The number of benzene rings is 1. The molecule has 0 aromatic heterocycles. The van der Waals surface area contributed by atoms with E-state index in [2.05, 4.69) is 30.0 Å². The molecule has 1 aromatic rings. The molecule has 1 atom stereocenters. The highest BCUT2D eigenvalue weighted by molar-refractivity contribution is 6.33.